The van der Waals surface area contributed by atoms with Crippen molar-refractivity contribution in [2.24, 2.45) is 5.73 Å². The number of rotatable bonds is 2. The van der Waals surface area contributed by atoms with Crippen molar-refractivity contribution < 1.29 is 18.0 Å². The van der Waals surface area contributed by atoms with Gasteiger partial charge in [0.1, 0.15) is 5.82 Å². The largest absolute Gasteiger partial charge is 0.410 e. The maximum atomic E-state index is 13.4. The van der Waals surface area contributed by atoms with E-state index in [1.165, 1.54) is 6.07 Å². The molecule has 3 N–H and O–H groups in total. The minimum Gasteiger partial charge on any atom is -0.364 e. The molecule has 1 aliphatic rings. The van der Waals surface area contributed by atoms with Crippen molar-refractivity contribution in [3.05, 3.63) is 46.1 Å². The second kappa shape index (κ2) is 5.55. The molecular formula is C14H12BrF3N4O. The second-order valence-electron chi connectivity index (χ2n) is 5.27. The summed E-state index contributed by atoms with van der Waals surface area (Å²) < 4.78 is 41.7. The van der Waals surface area contributed by atoms with E-state index in [2.05, 4.69) is 26.3 Å². The smallest absolute Gasteiger partial charge is 0.364 e. The van der Waals surface area contributed by atoms with E-state index in [1.807, 2.05) is 0 Å². The molecule has 0 saturated carbocycles. The van der Waals surface area contributed by atoms with Gasteiger partial charge in [-0.2, -0.15) is 18.3 Å². The standard InChI is InChI=1S/C14H12BrF3N4O/c15-8-3-1-7(2-4-8)9-5-11(14(16,17)18)22-12(20-9)6-10(21-22)13(19)23/h1-4,6,9,11,20H,5H2,(H2,19,23)/t9-,11-/m1/s1. The molecule has 1 aliphatic heterocycles. The normalized spacial score (nSPS) is 20.7. The number of anilines is 1. The van der Waals surface area contributed by atoms with Gasteiger partial charge < -0.3 is 11.1 Å². The number of primary amides is 1. The van der Waals surface area contributed by atoms with Gasteiger partial charge in [0, 0.05) is 17.0 Å². The van der Waals surface area contributed by atoms with Gasteiger partial charge in [0.2, 0.25) is 0 Å². The molecule has 23 heavy (non-hydrogen) atoms. The number of hydrogen-bond acceptors (Lipinski definition) is 3. The molecule has 0 saturated heterocycles. The zero-order chi connectivity index (χ0) is 16.8. The third-order valence-corrected chi connectivity index (χ3v) is 4.24. The lowest BCUT2D eigenvalue weighted by atomic mass is 9.97. The molecule has 2 aromatic rings. The Labute approximate surface area is 137 Å². The minimum atomic E-state index is -4.48. The molecule has 2 atom stereocenters. The van der Waals surface area contributed by atoms with Crippen molar-refractivity contribution in [2.75, 3.05) is 5.32 Å². The number of carbonyl (C=O) groups excluding carboxylic acids is 1. The average Bonchev–Trinajstić information content (AvgIpc) is 2.90. The molecule has 1 aromatic heterocycles. The number of amides is 1. The molecule has 0 aliphatic carbocycles. The van der Waals surface area contributed by atoms with Gasteiger partial charge in [0.15, 0.2) is 11.7 Å². The molecule has 122 valence electrons. The number of aromatic nitrogens is 2. The quantitative estimate of drug-likeness (QED) is 0.827. The first-order chi connectivity index (χ1) is 10.8. The summed E-state index contributed by atoms with van der Waals surface area (Å²) >= 11 is 3.29. The van der Waals surface area contributed by atoms with Crippen molar-refractivity contribution in [3.8, 4) is 0 Å². The summed E-state index contributed by atoms with van der Waals surface area (Å²) in [5.41, 5.74) is 5.64. The lowest BCUT2D eigenvalue weighted by molar-refractivity contribution is -0.173. The third-order valence-electron chi connectivity index (χ3n) is 3.71. The number of nitrogens with one attached hydrogen (secondary N) is 1. The molecule has 0 fully saturated rings. The van der Waals surface area contributed by atoms with Gasteiger partial charge >= 0.3 is 6.18 Å². The SMILES string of the molecule is NC(=O)c1cc2n(n1)[C@@H](C(F)(F)F)C[C@H](c1ccc(Br)cc1)N2. The minimum absolute atomic E-state index is 0.125. The topological polar surface area (TPSA) is 72.9 Å². The highest BCUT2D eigenvalue weighted by atomic mass is 79.9. The Kier molecular flexibility index (Phi) is 3.83. The van der Waals surface area contributed by atoms with Crippen molar-refractivity contribution in [1.29, 1.82) is 0 Å². The highest BCUT2D eigenvalue weighted by Crippen LogP contribution is 2.43. The van der Waals surface area contributed by atoms with Gasteiger partial charge in [-0.25, -0.2) is 4.68 Å². The molecule has 0 radical (unpaired) electrons. The van der Waals surface area contributed by atoms with E-state index in [4.69, 9.17) is 5.73 Å². The Morgan fingerprint density at radius 3 is 2.57 bits per heavy atom. The first kappa shape index (κ1) is 15.9. The Hall–Kier alpha value is -2.03. The number of fused-ring (bicyclic) bond motifs is 1. The van der Waals surface area contributed by atoms with Crippen LogP contribution in [0.25, 0.3) is 0 Å². The van der Waals surface area contributed by atoms with Gasteiger partial charge in [0.25, 0.3) is 5.91 Å². The van der Waals surface area contributed by atoms with Crippen LogP contribution < -0.4 is 11.1 Å². The van der Waals surface area contributed by atoms with E-state index in [9.17, 15) is 18.0 Å². The summed E-state index contributed by atoms with van der Waals surface area (Å²) in [5.74, 6) is -0.741. The molecule has 5 nitrogen and oxygen atoms in total. The fraction of sp³-hybridized carbons (Fsp3) is 0.286. The molecule has 1 amide bonds. The van der Waals surface area contributed by atoms with Gasteiger partial charge in [-0.15, -0.1) is 0 Å². The summed E-state index contributed by atoms with van der Waals surface area (Å²) in [6.07, 6.45) is -4.70. The van der Waals surface area contributed by atoms with Crippen LogP contribution >= 0.6 is 15.9 Å². The number of benzene rings is 1. The zero-order valence-electron chi connectivity index (χ0n) is 11.6. The summed E-state index contributed by atoms with van der Waals surface area (Å²) in [6, 6.07) is 5.90. The molecule has 1 aromatic carbocycles. The molecule has 0 unspecified atom stereocenters. The van der Waals surface area contributed by atoms with Crippen LogP contribution in [0, 0.1) is 0 Å². The van der Waals surface area contributed by atoms with E-state index in [0.29, 0.717) is 0 Å². The number of hydrogen-bond donors (Lipinski definition) is 2. The van der Waals surface area contributed by atoms with Crippen LogP contribution in [0.5, 0.6) is 0 Å². The maximum Gasteiger partial charge on any atom is 0.410 e. The Morgan fingerprint density at radius 1 is 1.35 bits per heavy atom. The van der Waals surface area contributed by atoms with Crippen LogP contribution in [-0.2, 0) is 0 Å². The molecule has 2 heterocycles. The van der Waals surface area contributed by atoms with Gasteiger partial charge in [-0.05, 0) is 17.7 Å². The number of nitrogens with zero attached hydrogens (tertiary/aromatic N) is 2. The molecular weight excluding hydrogens is 377 g/mol. The van der Waals surface area contributed by atoms with E-state index >= 15 is 0 Å². The molecule has 3 rings (SSSR count). The van der Waals surface area contributed by atoms with Crippen LogP contribution in [-0.4, -0.2) is 21.9 Å². The average molecular weight is 389 g/mol. The van der Waals surface area contributed by atoms with Crippen LogP contribution in [0.2, 0.25) is 0 Å². The third kappa shape index (κ3) is 3.05. The summed E-state index contributed by atoms with van der Waals surface area (Å²) in [4.78, 5) is 11.2. The monoisotopic (exact) mass is 388 g/mol. The van der Waals surface area contributed by atoms with Gasteiger partial charge in [-0.3, -0.25) is 4.79 Å². The first-order valence-corrected chi connectivity index (χ1v) is 7.53. The second-order valence-corrected chi connectivity index (χ2v) is 6.18. The molecule has 0 bridgehead atoms. The van der Waals surface area contributed by atoms with Crippen LogP contribution in [0.15, 0.2) is 34.8 Å². The zero-order valence-corrected chi connectivity index (χ0v) is 13.2. The van der Waals surface area contributed by atoms with Crippen LogP contribution in [0.4, 0.5) is 19.0 Å². The number of carbonyl (C=O) groups is 1. The summed E-state index contributed by atoms with van der Waals surface area (Å²) in [7, 11) is 0. The number of nitrogens with two attached hydrogens (primary N) is 1. The van der Waals surface area contributed by atoms with Crippen molar-refractivity contribution in [1.82, 2.24) is 9.78 Å². The number of alkyl halides is 3. The fourth-order valence-corrected chi connectivity index (χ4v) is 2.87. The van der Waals surface area contributed by atoms with Gasteiger partial charge in [-0.1, -0.05) is 28.1 Å². The lowest BCUT2D eigenvalue weighted by Gasteiger charge is -2.33. The van der Waals surface area contributed by atoms with E-state index in [-0.39, 0.29) is 17.9 Å². The van der Waals surface area contributed by atoms with E-state index in [1.54, 1.807) is 24.3 Å². The Morgan fingerprint density at radius 2 is 2.00 bits per heavy atom. The summed E-state index contributed by atoms with van der Waals surface area (Å²) in [6.45, 7) is 0. The fourth-order valence-electron chi connectivity index (χ4n) is 2.61. The van der Waals surface area contributed by atoms with E-state index in [0.717, 1.165) is 14.7 Å². The van der Waals surface area contributed by atoms with Crippen LogP contribution in [0.1, 0.15) is 34.6 Å². The van der Waals surface area contributed by atoms with E-state index < -0.39 is 24.2 Å². The Balaban J connectivity index is 2.01. The van der Waals surface area contributed by atoms with Gasteiger partial charge in [0.05, 0.1) is 6.04 Å². The predicted molar refractivity (Wildman–Crippen MR) is 81.0 cm³/mol. The van der Waals surface area contributed by atoms with Crippen molar-refractivity contribution in [2.45, 2.75) is 24.7 Å². The molecule has 0 spiro atoms. The highest BCUT2D eigenvalue weighted by molar-refractivity contribution is 9.10. The first-order valence-electron chi connectivity index (χ1n) is 6.74. The predicted octanol–water partition coefficient (Wildman–Crippen LogP) is 3.40. The lowest BCUT2D eigenvalue weighted by Crippen LogP contribution is -2.35. The maximum absolute atomic E-state index is 13.4. The highest BCUT2D eigenvalue weighted by Gasteiger charge is 2.46. The van der Waals surface area contributed by atoms with Crippen molar-refractivity contribution in [3.63, 3.8) is 0 Å². The van der Waals surface area contributed by atoms with Crippen LogP contribution in [0.3, 0.4) is 0 Å². The number of halogens is 4. The molecule has 9 heteroatoms. The van der Waals surface area contributed by atoms with Crippen molar-refractivity contribution >= 4 is 27.7 Å². The Bertz CT molecular complexity index is 741. The summed E-state index contributed by atoms with van der Waals surface area (Å²) in [5, 5.41) is 6.68.